The third-order valence-corrected chi connectivity index (χ3v) is 4.71. The van der Waals surface area contributed by atoms with Gasteiger partial charge in [0.05, 0.1) is 5.69 Å². The van der Waals surface area contributed by atoms with Crippen molar-refractivity contribution >= 4 is 5.69 Å². The lowest BCUT2D eigenvalue weighted by atomic mass is 9.85. The lowest BCUT2D eigenvalue weighted by Crippen LogP contribution is -2.35. The summed E-state index contributed by atoms with van der Waals surface area (Å²) < 4.78 is 14.3. The van der Waals surface area contributed by atoms with Gasteiger partial charge in [-0.3, -0.25) is 0 Å². The Morgan fingerprint density at radius 1 is 1.26 bits per heavy atom. The molecule has 3 rings (SSSR count). The van der Waals surface area contributed by atoms with Gasteiger partial charge in [0, 0.05) is 19.1 Å². The summed E-state index contributed by atoms with van der Waals surface area (Å²) in [5.74, 6) is 0.740. The lowest BCUT2D eigenvalue weighted by molar-refractivity contribution is 0.341. The van der Waals surface area contributed by atoms with Gasteiger partial charge >= 0.3 is 0 Å². The first-order valence-corrected chi connectivity index (χ1v) is 7.49. The van der Waals surface area contributed by atoms with E-state index >= 15 is 0 Å². The van der Waals surface area contributed by atoms with Gasteiger partial charge in [-0.05, 0) is 49.9 Å². The van der Waals surface area contributed by atoms with Gasteiger partial charge in [0.1, 0.15) is 5.82 Å². The summed E-state index contributed by atoms with van der Waals surface area (Å²) in [7, 11) is 1.89. The molecule has 19 heavy (non-hydrogen) atoms. The molecule has 1 saturated carbocycles. The van der Waals surface area contributed by atoms with Gasteiger partial charge < -0.3 is 10.2 Å². The lowest BCUT2D eigenvalue weighted by Gasteiger charge is -2.33. The van der Waals surface area contributed by atoms with Gasteiger partial charge in [-0.25, -0.2) is 4.39 Å². The third kappa shape index (κ3) is 2.48. The van der Waals surface area contributed by atoms with Gasteiger partial charge in [-0.1, -0.05) is 18.9 Å². The molecule has 1 saturated heterocycles. The van der Waals surface area contributed by atoms with Crippen molar-refractivity contribution in [1.29, 1.82) is 0 Å². The van der Waals surface area contributed by atoms with Gasteiger partial charge in [-0.2, -0.15) is 0 Å². The van der Waals surface area contributed by atoms with Gasteiger partial charge in [-0.15, -0.1) is 0 Å². The number of hydrogen-bond donors (Lipinski definition) is 1. The molecule has 1 heterocycles. The number of nitrogens with one attached hydrogen (secondary N) is 1. The molecule has 104 valence electrons. The molecular formula is C16H23FN2. The second-order valence-corrected chi connectivity index (χ2v) is 5.91. The molecule has 2 aliphatic rings. The van der Waals surface area contributed by atoms with Crippen LogP contribution in [0.3, 0.4) is 0 Å². The highest BCUT2D eigenvalue weighted by molar-refractivity contribution is 5.51. The Labute approximate surface area is 115 Å². The van der Waals surface area contributed by atoms with Crippen LogP contribution in [-0.2, 0) is 6.54 Å². The number of anilines is 1. The van der Waals surface area contributed by atoms with Crippen LogP contribution in [0.25, 0.3) is 0 Å². The zero-order valence-electron chi connectivity index (χ0n) is 11.7. The van der Waals surface area contributed by atoms with Crippen molar-refractivity contribution in [3.8, 4) is 0 Å². The van der Waals surface area contributed by atoms with Crippen molar-refractivity contribution < 1.29 is 4.39 Å². The zero-order valence-corrected chi connectivity index (χ0v) is 11.7. The molecule has 0 aromatic heterocycles. The Morgan fingerprint density at radius 2 is 2.11 bits per heavy atom. The third-order valence-electron chi connectivity index (χ3n) is 4.71. The molecule has 0 spiro atoms. The van der Waals surface area contributed by atoms with E-state index in [2.05, 4.69) is 10.2 Å². The maximum atomic E-state index is 14.3. The highest BCUT2D eigenvalue weighted by Crippen LogP contribution is 2.39. The van der Waals surface area contributed by atoms with E-state index in [1.54, 1.807) is 6.07 Å². The highest BCUT2D eigenvalue weighted by atomic mass is 19.1. The molecular weight excluding hydrogens is 239 g/mol. The second kappa shape index (κ2) is 5.49. The summed E-state index contributed by atoms with van der Waals surface area (Å²) in [6.07, 6.45) is 6.47. The second-order valence-electron chi connectivity index (χ2n) is 5.91. The number of fused-ring (bicyclic) bond motifs is 1. The van der Waals surface area contributed by atoms with Crippen molar-refractivity contribution in [2.24, 2.45) is 5.92 Å². The molecule has 1 aromatic carbocycles. The van der Waals surface area contributed by atoms with Crippen molar-refractivity contribution in [2.45, 2.75) is 44.7 Å². The van der Waals surface area contributed by atoms with E-state index in [1.165, 1.54) is 32.1 Å². The van der Waals surface area contributed by atoms with Crippen LogP contribution in [0.2, 0.25) is 0 Å². The minimum absolute atomic E-state index is 0.0565. The Morgan fingerprint density at radius 3 is 2.89 bits per heavy atom. The molecule has 2 atom stereocenters. The number of halogens is 1. The van der Waals surface area contributed by atoms with Crippen LogP contribution in [-0.4, -0.2) is 19.6 Å². The smallest absolute Gasteiger partial charge is 0.146 e. The maximum absolute atomic E-state index is 14.3. The Bertz CT molecular complexity index is 446. The number of benzene rings is 1. The molecule has 3 heteroatoms. The Kier molecular flexibility index (Phi) is 3.74. The van der Waals surface area contributed by atoms with Gasteiger partial charge in [0.15, 0.2) is 0 Å². The predicted molar refractivity (Wildman–Crippen MR) is 76.9 cm³/mol. The first kappa shape index (κ1) is 12.9. The number of rotatable bonds is 3. The topological polar surface area (TPSA) is 15.3 Å². The quantitative estimate of drug-likeness (QED) is 0.899. The van der Waals surface area contributed by atoms with Crippen LogP contribution in [0, 0.1) is 11.7 Å². The van der Waals surface area contributed by atoms with Crippen LogP contribution in [0.5, 0.6) is 0 Å². The summed E-state index contributed by atoms with van der Waals surface area (Å²) in [5, 5.41) is 3.07. The van der Waals surface area contributed by atoms with Gasteiger partial charge in [0.2, 0.25) is 0 Å². The molecule has 2 fully saturated rings. The van der Waals surface area contributed by atoms with E-state index in [9.17, 15) is 4.39 Å². The summed E-state index contributed by atoms with van der Waals surface area (Å²) >= 11 is 0. The molecule has 2 unspecified atom stereocenters. The monoisotopic (exact) mass is 262 g/mol. The highest BCUT2D eigenvalue weighted by Gasteiger charge is 2.36. The van der Waals surface area contributed by atoms with Gasteiger partial charge in [0.25, 0.3) is 0 Å². The molecule has 0 bridgehead atoms. The summed E-state index contributed by atoms with van der Waals surface area (Å²) in [6.45, 7) is 1.75. The molecule has 0 amide bonds. The number of hydrogen-bond acceptors (Lipinski definition) is 2. The van der Waals surface area contributed by atoms with Crippen LogP contribution in [0.15, 0.2) is 18.2 Å². The van der Waals surface area contributed by atoms with Crippen LogP contribution in [0.4, 0.5) is 10.1 Å². The average molecular weight is 262 g/mol. The van der Waals surface area contributed by atoms with Crippen molar-refractivity contribution in [2.75, 3.05) is 18.5 Å². The standard InChI is InChI=1S/C16H23FN2/c1-18-11-12-6-7-16(14(17)10-12)19-9-8-13-4-2-3-5-15(13)19/h6-7,10,13,15,18H,2-5,8-9,11H2,1H3. The summed E-state index contributed by atoms with van der Waals surface area (Å²) in [5.41, 5.74) is 1.83. The molecule has 1 aliphatic carbocycles. The SMILES string of the molecule is CNCc1ccc(N2CCC3CCCCC32)c(F)c1. The summed E-state index contributed by atoms with van der Waals surface area (Å²) in [4.78, 5) is 2.32. The van der Waals surface area contributed by atoms with E-state index in [0.717, 1.165) is 30.3 Å². The average Bonchev–Trinajstić information content (AvgIpc) is 2.83. The van der Waals surface area contributed by atoms with Crippen molar-refractivity contribution in [1.82, 2.24) is 5.32 Å². The molecule has 1 aromatic rings. The zero-order chi connectivity index (χ0) is 13.2. The van der Waals surface area contributed by atoms with E-state index in [1.807, 2.05) is 19.2 Å². The Balaban J connectivity index is 1.82. The first-order valence-electron chi connectivity index (χ1n) is 7.49. The summed E-state index contributed by atoms with van der Waals surface area (Å²) in [6, 6.07) is 6.28. The molecule has 2 nitrogen and oxygen atoms in total. The minimum Gasteiger partial charge on any atom is -0.366 e. The molecule has 0 radical (unpaired) electrons. The number of nitrogens with zero attached hydrogens (tertiary/aromatic N) is 1. The molecule has 1 aliphatic heterocycles. The first-order chi connectivity index (χ1) is 9.29. The van der Waals surface area contributed by atoms with Crippen molar-refractivity contribution in [3.63, 3.8) is 0 Å². The predicted octanol–water partition coefficient (Wildman–Crippen LogP) is 3.31. The fourth-order valence-electron chi connectivity index (χ4n) is 3.80. The van der Waals surface area contributed by atoms with E-state index in [-0.39, 0.29) is 5.82 Å². The Hall–Kier alpha value is -1.09. The molecule has 1 N–H and O–H groups in total. The van der Waals surface area contributed by atoms with E-state index < -0.39 is 0 Å². The fourth-order valence-corrected chi connectivity index (χ4v) is 3.80. The van der Waals surface area contributed by atoms with E-state index in [0.29, 0.717) is 6.04 Å². The van der Waals surface area contributed by atoms with Crippen LogP contribution < -0.4 is 10.2 Å². The minimum atomic E-state index is -0.0565. The van der Waals surface area contributed by atoms with Crippen LogP contribution >= 0.6 is 0 Å². The normalized spacial score (nSPS) is 26.5. The fraction of sp³-hybridized carbons (Fsp3) is 0.625. The van der Waals surface area contributed by atoms with E-state index in [4.69, 9.17) is 0 Å². The largest absolute Gasteiger partial charge is 0.366 e. The van der Waals surface area contributed by atoms with Crippen LogP contribution in [0.1, 0.15) is 37.7 Å². The maximum Gasteiger partial charge on any atom is 0.146 e. The van der Waals surface area contributed by atoms with Crippen molar-refractivity contribution in [3.05, 3.63) is 29.6 Å².